The summed E-state index contributed by atoms with van der Waals surface area (Å²) in [5.41, 5.74) is 0.307. The molecule has 0 amide bonds. The zero-order chi connectivity index (χ0) is 10.8. The molecule has 0 radical (unpaired) electrons. The Morgan fingerprint density at radius 2 is 1.57 bits per heavy atom. The number of benzene rings is 1. The molecular weight excluding hydrogens is 180 g/mol. The van der Waals surface area contributed by atoms with Crippen LogP contribution < -0.4 is 0 Å². The van der Waals surface area contributed by atoms with Crippen molar-refractivity contribution in [3.63, 3.8) is 0 Å². The second kappa shape index (κ2) is 4.09. The van der Waals surface area contributed by atoms with Crippen molar-refractivity contribution in [3.8, 4) is 0 Å². The van der Waals surface area contributed by atoms with Crippen molar-refractivity contribution in [2.24, 2.45) is 5.92 Å². The zero-order valence-corrected chi connectivity index (χ0v) is 8.38. The summed E-state index contributed by atoms with van der Waals surface area (Å²) >= 11 is 0. The molecule has 0 heterocycles. The van der Waals surface area contributed by atoms with Gasteiger partial charge in [-0.05, 0) is 5.92 Å². The van der Waals surface area contributed by atoms with Crippen LogP contribution in [0.5, 0.6) is 0 Å². The van der Waals surface area contributed by atoms with E-state index in [0.717, 1.165) is 0 Å². The molecule has 1 atom stereocenters. The highest BCUT2D eigenvalue weighted by Crippen LogP contribution is 2.25. The van der Waals surface area contributed by atoms with Crippen LogP contribution in [0.4, 0.5) is 0 Å². The van der Waals surface area contributed by atoms with Crippen molar-refractivity contribution < 1.29 is 15.3 Å². The van der Waals surface area contributed by atoms with Crippen molar-refractivity contribution in [3.05, 3.63) is 35.9 Å². The summed E-state index contributed by atoms with van der Waals surface area (Å²) < 4.78 is 0. The van der Waals surface area contributed by atoms with Crippen LogP contribution in [0.3, 0.4) is 0 Å². The van der Waals surface area contributed by atoms with Crippen LogP contribution in [0.1, 0.15) is 19.4 Å². The molecule has 14 heavy (non-hydrogen) atoms. The molecule has 0 aliphatic carbocycles. The summed E-state index contributed by atoms with van der Waals surface area (Å²) in [6, 6.07) is 8.33. The molecule has 0 aliphatic heterocycles. The number of aliphatic hydroxyl groups excluding tert-OH is 1. The molecule has 78 valence electrons. The van der Waals surface area contributed by atoms with Crippen LogP contribution in [0, 0.1) is 5.92 Å². The molecule has 0 aliphatic rings. The van der Waals surface area contributed by atoms with E-state index in [1.807, 2.05) is 0 Å². The highest BCUT2D eigenvalue weighted by atomic mass is 16.5. The van der Waals surface area contributed by atoms with E-state index in [9.17, 15) is 15.3 Å². The van der Waals surface area contributed by atoms with Crippen molar-refractivity contribution in [2.75, 3.05) is 0 Å². The van der Waals surface area contributed by atoms with E-state index in [1.54, 1.807) is 44.2 Å². The molecular formula is C11H16O3. The summed E-state index contributed by atoms with van der Waals surface area (Å²) in [7, 11) is 0. The van der Waals surface area contributed by atoms with Crippen molar-refractivity contribution in [2.45, 2.75) is 25.7 Å². The molecule has 1 rings (SSSR count). The van der Waals surface area contributed by atoms with Gasteiger partial charge in [0.2, 0.25) is 5.79 Å². The van der Waals surface area contributed by atoms with E-state index >= 15 is 0 Å². The first-order chi connectivity index (χ1) is 6.46. The van der Waals surface area contributed by atoms with Gasteiger partial charge in [0.05, 0.1) is 0 Å². The molecule has 3 nitrogen and oxygen atoms in total. The second-order valence-electron chi connectivity index (χ2n) is 3.78. The molecule has 1 unspecified atom stereocenters. The van der Waals surface area contributed by atoms with E-state index in [0.29, 0.717) is 5.56 Å². The summed E-state index contributed by atoms with van der Waals surface area (Å²) in [6.45, 7) is 3.46. The van der Waals surface area contributed by atoms with Gasteiger partial charge in [-0.2, -0.15) is 0 Å². The lowest BCUT2D eigenvalue weighted by Gasteiger charge is -2.30. The Kier molecular flexibility index (Phi) is 3.26. The molecule has 3 N–H and O–H groups in total. The van der Waals surface area contributed by atoms with Gasteiger partial charge in [-0.15, -0.1) is 0 Å². The number of hydrogen-bond donors (Lipinski definition) is 3. The standard InChI is InChI=1S/C11H16O3/c1-8(2)10(12)11(13,14)9-6-4-3-5-7-9/h3-8,10,12-14H,1-2H3. The first-order valence-corrected chi connectivity index (χ1v) is 4.64. The van der Waals surface area contributed by atoms with Gasteiger partial charge in [-0.1, -0.05) is 44.2 Å². The van der Waals surface area contributed by atoms with Crippen LogP contribution in [0.2, 0.25) is 0 Å². The minimum Gasteiger partial charge on any atom is -0.387 e. The lowest BCUT2D eigenvalue weighted by atomic mass is 9.93. The second-order valence-corrected chi connectivity index (χ2v) is 3.78. The van der Waals surface area contributed by atoms with Gasteiger partial charge in [0, 0.05) is 5.56 Å². The third-order valence-corrected chi connectivity index (χ3v) is 2.24. The van der Waals surface area contributed by atoms with Crippen LogP contribution in [0.25, 0.3) is 0 Å². The topological polar surface area (TPSA) is 60.7 Å². The van der Waals surface area contributed by atoms with Crippen LogP contribution in [-0.2, 0) is 5.79 Å². The van der Waals surface area contributed by atoms with Gasteiger partial charge in [-0.3, -0.25) is 0 Å². The van der Waals surface area contributed by atoms with Gasteiger partial charge < -0.3 is 15.3 Å². The molecule has 1 aromatic carbocycles. The van der Waals surface area contributed by atoms with Gasteiger partial charge in [-0.25, -0.2) is 0 Å². The Morgan fingerprint density at radius 1 is 1.07 bits per heavy atom. The summed E-state index contributed by atoms with van der Waals surface area (Å²) in [5, 5.41) is 29.1. The molecule has 0 saturated carbocycles. The Hall–Kier alpha value is -0.900. The van der Waals surface area contributed by atoms with Gasteiger partial charge in [0.25, 0.3) is 0 Å². The average molecular weight is 196 g/mol. The minimum absolute atomic E-state index is 0.217. The largest absolute Gasteiger partial charge is 0.387 e. The monoisotopic (exact) mass is 196 g/mol. The van der Waals surface area contributed by atoms with E-state index < -0.39 is 11.9 Å². The Balaban J connectivity index is 2.96. The average Bonchev–Trinajstić information content (AvgIpc) is 2.18. The number of hydrogen-bond acceptors (Lipinski definition) is 3. The van der Waals surface area contributed by atoms with Crippen LogP contribution in [0.15, 0.2) is 30.3 Å². The highest BCUT2D eigenvalue weighted by Gasteiger charge is 2.36. The molecule has 0 bridgehead atoms. The molecule has 0 aromatic heterocycles. The highest BCUT2D eigenvalue weighted by molar-refractivity contribution is 5.20. The number of aliphatic hydroxyl groups is 3. The fourth-order valence-corrected chi connectivity index (χ4v) is 1.32. The van der Waals surface area contributed by atoms with Gasteiger partial charge in [0.1, 0.15) is 6.10 Å². The third kappa shape index (κ3) is 2.12. The predicted molar refractivity (Wildman–Crippen MR) is 53.4 cm³/mol. The predicted octanol–water partition coefficient (Wildman–Crippen LogP) is 0.841. The molecule has 0 fully saturated rings. The maximum atomic E-state index is 9.73. The van der Waals surface area contributed by atoms with E-state index in [4.69, 9.17) is 0 Å². The van der Waals surface area contributed by atoms with Crippen molar-refractivity contribution >= 4 is 0 Å². The van der Waals surface area contributed by atoms with Gasteiger partial charge >= 0.3 is 0 Å². The van der Waals surface area contributed by atoms with E-state index in [1.165, 1.54) is 0 Å². The summed E-state index contributed by atoms with van der Waals surface area (Å²) in [5.74, 6) is -2.39. The Labute approximate surface area is 83.6 Å². The van der Waals surface area contributed by atoms with Crippen LogP contribution >= 0.6 is 0 Å². The minimum atomic E-state index is -2.17. The fraction of sp³-hybridized carbons (Fsp3) is 0.455. The van der Waals surface area contributed by atoms with Crippen molar-refractivity contribution in [1.82, 2.24) is 0 Å². The molecule has 1 aromatic rings. The summed E-state index contributed by atoms with van der Waals surface area (Å²) in [4.78, 5) is 0. The number of rotatable bonds is 3. The summed E-state index contributed by atoms with van der Waals surface area (Å²) in [6.07, 6.45) is -1.19. The van der Waals surface area contributed by atoms with E-state index in [-0.39, 0.29) is 5.92 Å². The van der Waals surface area contributed by atoms with Crippen molar-refractivity contribution in [1.29, 1.82) is 0 Å². The normalized spacial score (nSPS) is 14.4. The molecule has 0 saturated heterocycles. The smallest absolute Gasteiger partial charge is 0.217 e. The molecule has 3 heteroatoms. The lowest BCUT2D eigenvalue weighted by molar-refractivity contribution is -0.245. The molecule has 0 spiro atoms. The Morgan fingerprint density at radius 3 is 2.00 bits per heavy atom. The quantitative estimate of drug-likeness (QED) is 0.628. The third-order valence-electron chi connectivity index (χ3n) is 2.24. The first kappa shape index (κ1) is 11.2. The fourth-order valence-electron chi connectivity index (χ4n) is 1.32. The first-order valence-electron chi connectivity index (χ1n) is 4.64. The maximum Gasteiger partial charge on any atom is 0.217 e. The van der Waals surface area contributed by atoms with E-state index in [2.05, 4.69) is 0 Å². The Bertz CT molecular complexity index is 280. The maximum absolute atomic E-state index is 9.73. The van der Waals surface area contributed by atoms with Gasteiger partial charge in [0.15, 0.2) is 0 Å². The SMILES string of the molecule is CC(C)C(O)C(O)(O)c1ccccc1. The van der Waals surface area contributed by atoms with Crippen LogP contribution in [-0.4, -0.2) is 21.4 Å². The zero-order valence-electron chi connectivity index (χ0n) is 8.38. The lowest BCUT2D eigenvalue weighted by Crippen LogP contribution is -2.42.